The fourth-order valence-electron chi connectivity index (χ4n) is 4.38. The number of nitro groups is 1. The maximum Gasteiger partial charge on any atom is 0.285 e. The molecule has 0 unspecified atom stereocenters. The highest BCUT2D eigenvalue weighted by atomic mass is 35.5. The van der Waals surface area contributed by atoms with Crippen molar-refractivity contribution in [3.8, 4) is 11.8 Å². The zero-order valence-corrected chi connectivity index (χ0v) is 17.8. The summed E-state index contributed by atoms with van der Waals surface area (Å²) in [5.41, 5.74) is 0.727. The number of hydrogen-bond acceptors (Lipinski definition) is 6. The van der Waals surface area contributed by atoms with Gasteiger partial charge in [0.15, 0.2) is 5.82 Å². The van der Waals surface area contributed by atoms with Gasteiger partial charge in [0.05, 0.1) is 21.2 Å². The Labute approximate surface area is 188 Å². The lowest BCUT2D eigenvalue weighted by atomic mass is 9.72. The van der Waals surface area contributed by atoms with E-state index >= 15 is 0 Å². The minimum absolute atomic E-state index is 0.0372. The van der Waals surface area contributed by atoms with Crippen LogP contribution >= 0.6 is 11.6 Å². The molecule has 3 aliphatic rings. The van der Waals surface area contributed by atoms with Gasteiger partial charge in [0, 0.05) is 16.9 Å². The smallest absolute Gasteiger partial charge is 0.285 e. The van der Waals surface area contributed by atoms with Crippen molar-refractivity contribution in [3.63, 3.8) is 0 Å². The first kappa shape index (κ1) is 20.6. The van der Waals surface area contributed by atoms with Crippen molar-refractivity contribution in [3.05, 3.63) is 63.2 Å². The second-order valence-electron chi connectivity index (χ2n) is 8.21. The van der Waals surface area contributed by atoms with Gasteiger partial charge in [0.2, 0.25) is 0 Å². The summed E-state index contributed by atoms with van der Waals surface area (Å²) in [6, 6.07) is 7.55. The summed E-state index contributed by atoms with van der Waals surface area (Å²) in [6.07, 6.45) is 4.29. The average molecular weight is 452 g/mol. The predicted molar refractivity (Wildman–Crippen MR) is 120 cm³/mol. The van der Waals surface area contributed by atoms with Gasteiger partial charge in [0.25, 0.3) is 5.69 Å². The van der Waals surface area contributed by atoms with Gasteiger partial charge in [-0.1, -0.05) is 29.5 Å². The molecule has 0 radical (unpaired) electrons. The van der Waals surface area contributed by atoms with Crippen LogP contribution in [0, 0.1) is 33.2 Å². The van der Waals surface area contributed by atoms with Crippen LogP contribution in [-0.4, -0.2) is 39.4 Å². The number of rotatable bonds is 3. The monoisotopic (exact) mass is 451 g/mol. The summed E-state index contributed by atoms with van der Waals surface area (Å²) in [5, 5.41) is 15.1. The Hall–Kier alpha value is -3.28. The standard InChI is InChI=1S/C23H19ClFN5O2/c24-17-2-1-3-18(21(17)25)28-22-16-13-20(30(31)32)15(12-19(16)26-14-27-22)4-5-23-6-9-29(10-7-23)11-8-23/h1-3,12-14H,6-11H2,(H,26,27,28). The lowest BCUT2D eigenvalue weighted by molar-refractivity contribution is -0.385. The third-order valence-corrected chi connectivity index (χ3v) is 6.63. The zero-order valence-electron chi connectivity index (χ0n) is 17.1. The molecule has 1 aromatic heterocycles. The van der Waals surface area contributed by atoms with Crippen LogP contribution in [0.3, 0.4) is 0 Å². The van der Waals surface area contributed by atoms with Crippen LogP contribution in [0.5, 0.6) is 0 Å². The van der Waals surface area contributed by atoms with Crippen LogP contribution in [0.15, 0.2) is 36.7 Å². The number of fused-ring (bicyclic) bond motifs is 4. The first-order chi connectivity index (χ1) is 15.4. The van der Waals surface area contributed by atoms with Gasteiger partial charge in [-0.05, 0) is 57.1 Å². The van der Waals surface area contributed by atoms with Crippen molar-refractivity contribution in [1.82, 2.24) is 14.9 Å². The number of piperidine rings is 3. The van der Waals surface area contributed by atoms with Crippen molar-refractivity contribution in [2.75, 3.05) is 25.0 Å². The molecule has 0 spiro atoms. The Morgan fingerprint density at radius 3 is 2.66 bits per heavy atom. The number of anilines is 2. The van der Waals surface area contributed by atoms with E-state index in [1.54, 1.807) is 12.1 Å². The summed E-state index contributed by atoms with van der Waals surface area (Å²) in [4.78, 5) is 22.2. The van der Waals surface area contributed by atoms with Crippen molar-refractivity contribution < 1.29 is 9.31 Å². The normalized spacial score (nSPS) is 21.8. The summed E-state index contributed by atoms with van der Waals surface area (Å²) in [5.74, 6) is 6.07. The van der Waals surface area contributed by atoms with Crippen LogP contribution in [-0.2, 0) is 0 Å². The predicted octanol–water partition coefficient (Wildman–Crippen LogP) is 4.91. The average Bonchev–Trinajstić information content (AvgIpc) is 2.81. The number of halogens is 2. The second kappa shape index (κ2) is 8.01. The molecule has 3 aliphatic heterocycles. The second-order valence-corrected chi connectivity index (χ2v) is 8.62. The molecule has 4 heterocycles. The molecule has 2 aromatic carbocycles. The highest BCUT2D eigenvalue weighted by Crippen LogP contribution is 2.40. The molecule has 0 atom stereocenters. The molecule has 3 aromatic rings. The number of hydrogen-bond donors (Lipinski definition) is 1. The first-order valence-electron chi connectivity index (χ1n) is 10.3. The summed E-state index contributed by atoms with van der Waals surface area (Å²) in [6.45, 7) is 3.07. The Morgan fingerprint density at radius 2 is 1.94 bits per heavy atom. The highest BCUT2D eigenvalue weighted by Gasteiger charge is 2.38. The Kier molecular flexibility index (Phi) is 5.16. The minimum atomic E-state index is -0.629. The molecular weight excluding hydrogens is 433 g/mol. The van der Waals surface area contributed by atoms with Gasteiger partial charge in [-0.25, -0.2) is 14.4 Å². The van der Waals surface area contributed by atoms with Gasteiger partial charge in [-0.3, -0.25) is 10.1 Å². The Bertz CT molecular complexity index is 1280. The first-order valence-corrected chi connectivity index (χ1v) is 10.7. The number of nitrogens with one attached hydrogen (secondary N) is 1. The molecule has 32 heavy (non-hydrogen) atoms. The molecule has 3 fully saturated rings. The van der Waals surface area contributed by atoms with Crippen molar-refractivity contribution >= 4 is 39.7 Å². The molecule has 162 valence electrons. The number of benzene rings is 2. The van der Waals surface area contributed by atoms with Crippen LogP contribution in [0.25, 0.3) is 10.9 Å². The van der Waals surface area contributed by atoms with Gasteiger partial charge in [0.1, 0.15) is 17.7 Å². The number of nitrogens with zero attached hydrogens (tertiary/aromatic N) is 4. The van der Waals surface area contributed by atoms with E-state index in [2.05, 4.69) is 32.0 Å². The van der Waals surface area contributed by atoms with E-state index in [1.165, 1.54) is 24.5 Å². The summed E-state index contributed by atoms with van der Waals surface area (Å²) in [7, 11) is 0. The fraction of sp³-hybridized carbons (Fsp3) is 0.304. The SMILES string of the molecule is O=[N+]([O-])c1cc2c(Nc3cccc(Cl)c3F)ncnc2cc1C#CC12CCN(CC1)CC2. The van der Waals surface area contributed by atoms with Crippen molar-refractivity contribution in [2.24, 2.45) is 5.41 Å². The van der Waals surface area contributed by atoms with E-state index in [4.69, 9.17) is 11.6 Å². The molecule has 6 rings (SSSR count). The number of aromatic nitrogens is 2. The van der Waals surface area contributed by atoms with Crippen LogP contribution < -0.4 is 5.32 Å². The van der Waals surface area contributed by atoms with Crippen LogP contribution in [0.1, 0.15) is 24.8 Å². The molecular formula is C23H19ClFN5O2. The summed E-state index contributed by atoms with van der Waals surface area (Å²) < 4.78 is 14.3. The lowest BCUT2D eigenvalue weighted by Gasteiger charge is -2.45. The topological polar surface area (TPSA) is 84.2 Å². The quantitative estimate of drug-likeness (QED) is 0.346. The zero-order chi connectivity index (χ0) is 22.3. The van der Waals surface area contributed by atoms with E-state index in [0.717, 1.165) is 38.9 Å². The summed E-state index contributed by atoms with van der Waals surface area (Å²) >= 11 is 5.86. The molecule has 0 saturated carbocycles. The molecule has 7 nitrogen and oxygen atoms in total. The van der Waals surface area contributed by atoms with Crippen molar-refractivity contribution in [1.29, 1.82) is 0 Å². The maximum absolute atomic E-state index is 14.3. The van der Waals surface area contributed by atoms with E-state index < -0.39 is 10.7 Å². The fourth-order valence-corrected chi connectivity index (χ4v) is 4.56. The molecule has 0 aliphatic carbocycles. The molecule has 9 heteroatoms. The van der Waals surface area contributed by atoms with E-state index in [0.29, 0.717) is 16.5 Å². The van der Waals surface area contributed by atoms with E-state index in [-0.39, 0.29) is 27.6 Å². The minimum Gasteiger partial charge on any atom is -0.337 e. The maximum atomic E-state index is 14.3. The van der Waals surface area contributed by atoms with E-state index in [9.17, 15) is 14.5 Å². The third kappa shape index (κ3) is 3.74. The van der Waals surface area contributed by atoms with Gasteiger partial charge < -0.3 is 10.2 Å². The highest BCUT2D eigenvalue weighted by molar-refractivity contribution is 6.31. The Morgan fingerprint density at radius 1 is 1.19 bits per heavy atom. The van der Waals surface area contributed by atoms with Crippen LogP contribution in [0.2, 0.25) is 5.02 Å². The van der Waals surface area contributed by atoms with E-state index in [1.807, 2.05) is 0 Å². The van der Waals surface area contributed by atoms with Gasteiger partial charge in [-0.15, -0.1) is 0 Å². The van der Waals surface area contributed by atoms with Crippen LogP contribution in [0.4, 0.5) is 21.6 Å². The van der Waals surface area contributed by atoms with Gasteiger partial charge in [-0.2, -0.15) is 0 Å². The largest absolute Gasteiger partial charge is 0.337 e. The van der Waals surface area contributed by atoms with Crippen molar-refractivity contribution in [2.45, 2.75) is 19.3 Å². The van der Waals surface area contributed by atoms with Gasteiger partial charge >= 0.3 is 0 Å². The lowest BCUT2D eigenvalue weighted by Crippen LogP contribution is -2.47. The third-order valence-electron chi connectivity index (χ3n) is 6.34. The molecule has 2 bridgehead atoms. The Balaban J connectivity index is 1.56. The molecule has 3 saturated heterocycles. The molecule has 1 N–H and O–H groups in total. The molecule has 0 amide bonds. The number of nitro benzene ring substituents is 1.